The maximum absolute atomic E-state index is 12.1. The molecule has 3 rings (SSSR count). The fourth-order valence-electron chi connectivity index (χ4n) is 2.51. The van der Waals surface area contributed by atoms with Gasteiger partial charge in [-0.1, -0.05) is 0 Å². The van der Waals surface area contributed by atoms with Gasteiger partial charge in [0.05, 0.1) is 5.69 Å². The van der Waals surface area contributed by atoms with Crippen LogP contribution in [0, 0.1) is 6.92 Å². The topological polar surface area (TPSA) is 88.3 Å². The first-order valence-corrected chi connectivity index (χ1v) is 9.17. The van der Waals surface area contributed by atoms with E-state index >= 15 is 0 Å². The van der Waals surface area contributed by atoms with Crippen molar-refractivity contribution >= 4 is 33.8 Å². The van der Waals surface area contributed by atoms with Crippen molar-refractivity contribution in [3.8, 4) is 0 Å². The molecule has 1 amide bonds. The van der Waals surface area contributed by atoms with Gasteiger partial charge in [0.25, 0.3) is 0 Å². The Bertz CT molecular complexity index is 868. The van der Waals surface area contributed by atoms with Gasteiger partial charge in [-0.2, -0.15) is 4.52 Å². The molecular weight excluding hydrogens is 338 g/mol. The first-order chi connectivity index (χ1) is 12.1. The first-order valence-electron chi connectivity index (χ1n) is 8.29. The second kappa shape index (κ2) is 7.56. The van der Waals surface area contributed by atoms with Crippen molar-refractivity contribution in [2.45, 2.75) is 33.6 Å². The summed E-state index contributed by atoms with van der Waals surface area (Å²) in [6.07, 6.45) is 0.767. The number of rotatable bonds is 7. The Labute approximate surface area is 149 Å². The molecule has 0 aromatic carbocycles. The lowest BCUT2D eigenvalue weighted by Gasteiger charge is -2.19. The van der Waals surface area contributed by atoms with E-state index in [9.17, 15) is 4.79 Å². The van der Waals surface area contributed by atoms with Gasteiger partial charge in [-0.3, -0.25) is 4.79 Å². The summed E-state index contributed by atoms with van der Waals surface area (Å²) >= 11 is 1.42. The Morgan fingerprint density at radius 2 is 2.08 bits per heavy atom. The molecule has 0 atom stereocenters. The summed E-state index contributed by atoms with van der Waals surface area (Å²) in [7, 11) is 0. The number of amides is 1. The van der Waals surface area contributed by atoms with E-state index in [2.05, 4.69) is 44.3 Å². The van der Waals surface area contributed by atoms with Crippen molar-refractivity contribution < 1.29 is 4.79 Å². The van der Waals surface area contributed by atoms with E-state index in [1.165, 1.54) is 11.3 Å². The maximum Gasteiger partial charge on any atom is 0.226 e. The number of aromatic nitrogens is 5. The average molecular weight is 359 g/mol. The molecule has 1 N–H and O–H groups in total. The molecule has 0 spiro atoms. The number of nitrogens with one attached hydrogen (secondary N) is 1. The monoisotopic (exact) mass is 359 g/mol. The molecule has 0 aliphatic carbocycles. The van der Waals surface area contributed by atoms with Crippen LogP contribution in [0.15, 0.2) is 17.5 Å². The first kappa shape index (κ1) is 17.3. The zero-order chi connectivity index (χ0) is 17.8. The van der Waals surface area contributed by atoms with Crippen LogP contribution in [0.25, 0.3) is 5.65 Å². The lowest BCUT2D eigenvalue weighted by atomic mass is 10.3. The molecule has 8 nitrogen and oxygen atoms in total. The van der Waals surface area contributed by atoms with Crippen molar-refractivity contribution in [3.63, 3.8) is 0 Å². The quantitative estimate of drug-likeness (QED) is 0.696. The summed E-state index contributed by atoms with van der Waals surface area (Å²) in [4.78, 5) is 18.5. The zero-order valence-electron chi connectivity index (χ0n) is 14.6. The van der Waals surface area contributed by atoms with Gasteiger partial charge in [0.1, 0.15) is 5.82 Å². The predicted octanol–water partition coefficient (Wildman–Crippen LogP) is 2.31. The smallest absolute Gasteiger partial charge is 0.226 e. The number of carbonyl (C=O) groups is 1. The van der Waals surface area contributed by atoms with Crippen LogP contribution in [0.4, 0.5) is 10.9 Å². The summed E-state index contributed by atoms with van der Waals surface area (Å²) in [6.45, 7) is 7.83. The number of fused-ring (bicyclic) bond motifs is 1. The van der Waals surface area contributed by atoms with Crippen LogP contribution >= 0.6 is 11.3 Å². The standard InChI is InChI=1S/C16H21N7OS/c1-4-22(5-2)14-7-6-12-19-20-13(23(12)21-14)8-9-15(24)18-16-17-11(3)10-25-16/h6-7,10H,4-5,8-9H2,1-3H3,(H,17,18,24). The van der Waals surface area contributed by atoms with Crippen LogP contribution in [0.2, 0.25) is 0 Å². The minimum absolute atomic E-state index is 0.0917. The highest BCUT2D eigenvalue weighted by Gasteiger charge is 2.12. The molecule has 25 heavy (non-hydrogen) atoms. The van der Waals surface area contributed by atoms with Gasteiger partial charge < -0.3 is 10.2 Å². The Hall–Kier alpha value is -2.55. The van der Waals surface area contributed by atoms with E-state index in [1.807, 2.05) is 24.4 Å². The molecule has 9 heteroatoms. The molecule has 3 heterocycles. The lowest BCUT2D eigenvalue weighted by molar-refractivity contribution is -0.116. The highest BCUT2D eigenvalue weighted by Crippen LogP contribution is 2.15. The Morgan fingerprint density at radius 1 is 1.28 bits per heavy atom. The number of nitrogens with zero attached hydrogens (tertiary/aromatic N) is 6. The molecular formula is C16H21N7OS. The van der Waals surface area contributed by atoms with Crippen molar-refractivity contribution in [3.05, 3.63) is 29.0 Å². The van der Waals surface area contributed by atoms with Gasteiger partial charge in [-0.15, -0.1) is 26.6 Å². The average Bonchev–Trinajstić information content (AvgIpc) is 3.20. The van der Waals surface area contributed by atoms with Crippen molar-refractivity contribution in [1.29, 1.82) is 0 Å². The second-order valence-corrected chi connectivity index (χ2v) is 6.45. The van der Waals surface area contributed by atoms with E-state index in [0.29, 0.717) is 29.4 Å². The highest BCUT2D eigenvalue weighted by molar-refractivity contribution is 7.13. The molecule has 3 aromatic rings. The third-order valence-electron chi connectivity index (χ3n) is 3.84. The van der Waals surface area contributed by atoms with Gasteiger partial charge in [0, 0.05) is 31.3 Å². The van der Waals surface area contributed by atoms with Crippen LogP contribution < -0.4 is 10.2 Å². The third-order valence-corrected chi connectivity index (χ3v) is 4.72. The van der Waals surface area contributed by atoms with Gasteiger partial charge in [0.2, 0.25) is 5.91 Å². The van der Waals surface area contributed by atoms with E-state index in [0.717, 1.165) is 24.6 Å². The Balaban J connectivity index is 1.70. The number of hydrogen-bond donors (Lipinski definition) is 1. The summed E-state index contributed by atoms with van der Waals surface area (Å²) in [5, 5.41) is 18.2. The number of anilines is 2. The minimum Gasteiger partial charge on any atom is -0.356 e. The normalized spacial score (nSPS) is 11.0. The predicted molar refractivity (Wildman–Crippen MR) is 98.1 cm³/mol. The fraction of sp³-hybridized carbons (Fsp3) is 0.438. The van der Waals surface area contributed by atoms with Crippen LogP contribution in [-0.2, 0) is 11.2 Å². The number of carbonyl (C=O) groups excluding carboxylic acids is 1. The highest BCUT2D eigenvalue weighted by atomic mass is 32.1. The summed E-state index contributed by atoms with van der Waals surface area (Å²) in [5.74, 6) is 1.46. The largest absolute Gasteiger partial charge is 0.356 e. The zero-order valence-corrected chi connectivity index (χ0v) is 15.4. The number of hydrogen-bond acceptors (Lipinski definition) is 7. The molecule has 0 saturated heterocycles. The van der Waals surface area contributed by atoms with E-state index in [-0.39, 0.29) is 5.91 Å². The molecule has 0 radical (unpaired) electrons. The van der Waals surface area contributed by atoms with Crippen LogP contribution in [-0.4, -0.2) is 43.8 Å². The van der Waals surface area contributed by atoms with Crippen molar-refractivity contribution in [2.75, 3.05) is 23.3 Å². The summed E-state index contributed by atoms with van der Waals surface area (Å²) in [5.41, 5.74) is 1.58. The van der Waals surface area contributed by atoms with Crippen molar-refractivity contribution in [2.24, 2.45) is 0 Å². The molecule has 0 fully saturated rings. The molecule has 0 unspecified atom stereocenters. The molecule has 132 valence electrons. The van der Waals surface area contributed by atoms with Gasteiger partial charge in [0.15, 0.2) is 16.6 Å². The van der Waals surface area contributed by atoms with E-state index in [4.69, 9.17) is 0 Å². The maximum atomic E-state index is 12.1. The van der Waals surface area contributed by atoms with Gasteiger partial charge >= 0.3 is 0 Å². The number of thiazole rings is 1. The molecule has 3 aromatic heterocycles. The Kier molecular flexibility index (Phi) is 5.22. The fourth-order valence-corrected chi connectivity index (χ4v) is 3.22. The van der Waals surface area contributed by atoms with E-state index < -0.39 is 0 Å². The van der Waals surface area contributed by atoms with E-state index in [1.54, 1.807) is 4.52 Å². The Morgan fingerprint density at radius 3 is 2.76 bits per heavy atom. The summed E-state index contributed by atoms with van der Waals surface area (Å²) in [6, 6.07) is 3.84. The van der Waals surface area contributed by atoms with Crippen molar-refractivity contribution in [1.82, 2.24) is 24.8 Å². The summed E-state index contributed by atoms with van der Waals surface area (Å²) < 4.78 is 1.72. The second-order valence-electron chi connectivity index (χ2n) is 5.59. The SMILES string of the molecule is CCN(CC)c1ccc2nnc(CCC(=O)Nc3nc(C)cs3)n2n1. The lowest BCUT2D eigenvalue weighted by Crippen LogP contribution is -2.23. The third kappa shape index (κ3) is 3.93. The minimum atomic E-state index is -0.0917. The van der Waals surface area contributed by atoms with Crippen LogP contribution in [0.5, 0.6) is 0 Å². The van der Waals surface area contributed by atoms with Gasteiger partial charge in [-0.25, -0.2) is 4.98 Å². The molecule has 0 aliphatic rings. The molecule has 0 aliphatic heterocycles. The molecule has 0 saturated carbocycles. The van der Waals surface area contributed by atoms with Gasteiger partial charge in [-0.05, 0) is 32.9 Å². The van der Waals surface area contributed by atoms with Crippen LogP contribution in [0.1, 0.15) is 31.8 Å². The number of aryl methyl sites for hydroxylation is 2. The van der Waals surface area contributed by atoms with Crippen LogP contribution in [0.3, 0.4) is 0 Å². The molecule has 0 bridgehead atoms.